The zero-order chi connectivity index (χ0) is 21.7. The molecular weight excluding hydrogens is 421 g/mol. The first kappa shape index (κ1) is 21.4. The van der Waals surface area contributed by atoms with E-state index in [-0.39, 0.29) is 17.9 Å². The van der Waals surface area contributed by atoms with E-state index in [9.17, 15) is 22.8 Å². The van der Waals surface area contributed by atoms with Crippen molar-refractivity contribution in [3.63, 3.8) is 0 Å². The third-order valence-electron chi connectivity index (χ3n) is 4.00. The van der Waals surface area contributed by atoms with Gasteiger partial charge in [0.1, 0.15) is 18.9 Å². The molecule has 1 heterocycles. The van der Waals surface area contributed by atoms with Crippen LogP contribution in [0.3, 0.4) is 0 Å². The van der Waals surface area contributed by atoms with Gasteiger partial charge in [0, 0.05) is 27.9 Å². The molecule has 5 nitrogen and oxygen atoms in total. The maximum absolute atomic E-state index is 12.2. The number of benzene rings is 2. The molecule has 156 valence electrons. The number of fused-ring (bicyclic) bond motifs is 1. The van der Waals surface area contributed by atoms with E-state index in [2.05, 4.69) is 5.32 Å². The zero-order valence-electron chi connectivity index (χ0n) is 15.4. The van der Waals surface area contributed by atoms with Crippen LogP contribution in [0.25, 0.3) is 6.08 Å². The number of rotatable bonds is 5. The quantitative estimate of drug-likeness (QED) is 0.673. The largest absolute Gasteiger partial charge is 0.488 e. The summed E-state index contributed by atoms with van der Waals surface area (Å²) in [5.41, 5.74) is 1.82. The zero-order valence-corrected chi connectivity index (χ0v) is 16.2. The van der Waals surface area contributed by atoms with Crippen LogP contribution in [-0.2, 0) is 4.79 Å². The van der Waals surface area contributed by atoms with E-state index in [1.807, 2.05) is 6.08 Å². The molecule has 0 unspecified atom stereocenters. The number of hydrogen-bond acceptors (Lipinski definition) is 3. The predicted octanol–water partition coefficient (Wildman–Crippen LogP) is 4.60. The summed E-state index contributed by atoms with van der Waals surface area (Å²) in [5, 5.41) is 4.90. The normalized spacial score (nSPS) is 13.3. The number of hydrogen-bond donors (Lipinski definition) is 2. The molecule has 0 aliphatic carbocycles. The average molecular weight is 437 g/mol. The van der Waals surface area contributed by atoms with Gasteiger partial charge in [-0.1, -0.05) is 23.7 Å². The average Bonchev–Trinajstić information content (AvgIpc) is 2.69. The molecule has 2 aromatic rings. The topological polar surface area (TPSA) is 67.4 Å². The molecule has 30 heavy (non-hydrogen) atoms. The number of amides is 2. The van der Waals surface area contributed by atoms with Crippen LogP contribution in [0.2, 0.25) is 5.02 Å². The second-order valence-electron chi connectivity index (χ2n) is 6.39. The molecule has 9 heteroatoms. The van der Waals surface area contributed by atoms with Crippen LogP contribution < -0.4 is 15.4 Å². The van der Waals surface area contributed by atoms with Gasteiger partial charge in [-0.15, -0.1) is 0 Å². The summed E-state index contributed by atoms with van der Waals surface area (Å²) in [4.78, 5) is 24.0. The first-order chi connectivity index (χ1) is 14.2. The van der Waals surface area contributed by atoms with Gasteiger partial charge in [-0.05, 0) is 48.0 Å². The maximum atomic E-state index is 12.2. The molecule has 0 saturated carbocycles. The van der Waals surface area contributed by atoms with Gasteiger partial charge in [-0.3, -0.25) is 9.59 Å². The highest BCUT2D eigenvalue weighted by Crippen LogP contribution is 2.29. The highest BCUT2D eigenvalue weighted by atomic mass is 35.5. The lowest BCUT2D eigenvalue weighted by Gasteiger charge is -2.16. The Morgan fingerprint density at radius 1 is 1.17 bits per heavy atom. The fourth-order valence-electron chi connectivity index (χ4n) is 2.65. The third-order valence-corrected chi connectivity index (χ3v) is 4.23. The van der Waals surface area contributed by atoms with E-state index >= 15 is 0 Å². The molecule has 0 atom stereocenters. The molecule has 0 aromatic heterocycles. The van der Waals surface area contributed by atoms with Crippen LogP contribution in [0.5, 0.6) is 5.75 Å². The van der Waals surface area contributed by atoms with Gasteiger partial charge < -0.3 is 15.4 Å². The van der Waals surface area contributed by atoms with E-state index < -0.39 is 24.5 Å². The Morgan fingerprint density at radius 3 is 2.73 bits per heavy atom. The van der Waals surface area contributed by atoms with Crippen LogP contribution in [0.1, 0.15) is 15.9 Å². The van der Waals surface area contributed by atoms with Gasteiger partial charge in [0.05, 0.1) is 0 Å². The minimum Gasteiger partial charge on any atom is -0.488 e. The first-order valence-corrected chi connectivity index (χ1v) is 9.14. The lowest BCUT2D eigenvalue weighted by atomic mass is 10.1. The lowest BCUT2D eigenvalue weighted by molar-refractivity contribution is -0.123. The molecule has 0 saturated heterocycles. The number of anilines is 1. The standard InChI is InChI=1S/C21H16ClF3N2O3/c22-16-5-6-18-15(9-16)8-13(11-30-18)4-7-19(28)27-17-3-1-2-14(10-17)20(29)26-12-21(23,24)25/h1-10H,11-12H2,(H,26,29)(H,27,28)/b7-4+. The van der Waals surface area contributed by atoms with Gasteiger partial charge in [0.25, 0.3) is 5.91 Å². The summed E-state index contributed by atoms with van der Waals surface area (Å²) < 4.78 is 42.3. The first-order valence-electron chi connectivity index (χ1n) is 8.77. The summed E-state index contributed by atoms with van der Waals surface area (Å²) in [6, 6.07) is 10.9. The van der Waals surface area contributed by atoms with E-state index in [4.69, 9.17) is 16.3 Å². The Hall–Kier alpha value is -3.26. The van der Waals surface area contributed by atoms with E-state index in [1.54, 1.807) is 29.6 Å². The second-order valence-corrected chi connectivity index (χ2v) is 6.83. The van der Waals surface area contributed by atoms with E-state index in [0.717, 1.165) is 11.1 Å². The van der Waals surface area contributed by atoms with Crippen molar-refractivity contribution in [1.29, 1.82) is 0 Å². The lowest BCUT2D eigenvalue weighted by Crippen LogP contribution is -2.33. The highest BCUT2D eigenvalue weighted by molar-refractivity contribution is 6.30. The van der Waals surface area contributed by atoms with Crippen molar-refractivity contribution in [2.24, 2.45) is 0 Å². The minimum atomic E-state index is -4.50. The van der Waals surface area contributed by atoms with Gasteiger partial charge >= 0.3 is 6.18 Å². The molecule has 0 spiro atoms. The second kappa shape index (κ2) is 9.04. The van der Waals surface area contributed by atoms with Crippen LogP contribution in [0.15, 0.2) is 60.2 Å². The molecule has 3 rings (SSSR count). The summed E-state index contributed by atoms with van der Waals surface area (Å²) in [6.07, 6.45) is 0.218. The molecule has 0 bridgehead atoms. The Labute approximate surface area is 175 Å². The van der Waals surface area contributed by atoms with E-state index in [0.29, 0.717) is 10.8 Å². The minimum absolute atomic E-state index is 0.00194. The molecule has 2 amide bonds. The van der Waals surface area contributed by atoms with Crippen LogP contribution in [0.4, 0.5) is 18.9 Å². The van der Waals surface area contributed by atoms with Crippen molar-refractivity contribution >= 4 is 35.2 Å². The number of carbonyl (C=O) groups is 2. The van der Waals surface area contributed by atoms with Gasteiger partial charge in [-0.2, -0.15) is 13.2 Å². The summed E-state index contributed by atoms with van der Waals surface area (Å²) in [5.74, 6) is -0.664. The fourth-order valence-corrected chi connectivity index (χ4v) is 2.83. The number of alkyl halides is 3. The van der Waals surface area contributed by atoms with Crippen molar-refractivity contribution in [3.8, 4) is 5.75 Å². The van der Waals surface area contributed by atoms with Crippen molar-refractivity contribution in [2.75, 3.05) is 18.5 Å². The molecule has 1 aliphatic heterocycles. The van der Waals surface area contributed by atoms with Gasteiger partial charge in [0.2, 0.25) is 5.91 Å². The Morgan fingerprint density at radius 2 is 1.97 bits per heavy atom. The SMILES string of the molecule is O=C(/C=C/C1=Cc2cc(Cl)ccc2OC1)Nc1cccc(C(=O)NCC(F)(F)F)c1. The van der Waals surface area contributed by atoms with Gasteiger partial charge in [-0.25, -0.2) is 0 Å². The molecule has 0 radical (unpaired) electrons. The van der Waals surface area contributed by atoms with Crippen molar-refractivity contribution in [3.05, 3.63) is 76.3 Å². The van der Waals surface area contributed by atoms with Crippen molar-refractivity contribution < 1.29 is 27.5 Å². The molecular formula is C21H16ClF3N2O3. The van der Waals surface area contributed by atoms with Crippen LogP contribution in [-0.4, -0.2) is 31.1 Å². The Balaban J connectivity index is 1.62. The highest BCUT2D eigenvalue weighted by Gasteiger charge is 2.27. The number of nitrogens with one attached hydrogen (secondary N) is 2. The Bertz CT molecular complexity index is 1030. The summed E-state index contributed by atoms with van der Waals surface area (Å²) in [7, 11) is 0. The molecule has 2 N–H and O–H groups in total. The molecule has 0 fully saturated rings. The monoisotopic (exact) mass is 436 g/mol. The number of halogens is 4. The molecule has 2 aromatic carbocycles. The predicted molar refractivity (Wildman–Crippen MR) is 108 cm³/mol. The fraction of sp³-hybridized carbons (Fsp3) is 0.143. The van der Waals surface area contributed by atoms with E-state index in [1.165, 1.54) is 30.3 Å². The van der Waals surface area contributed by atoms with Crippen LogP contribution >= 0.6 is 11.6 Å². The summed E-state index contributed by atoms with van der Waals surface area (Å²) >= 11 is 5.97. The van der Waals surface area contributed by atoms with Gasteiger partial charge in [0.15, 0.2) is 0 Å². The smallest absolute Gasteiger partial charge is 0.405 e. The maximum Gasteiger partial charge on any atom is 0.405 e. The van der Waals surface area contributed by atoms with Crippen LogP contribution in [0, 0.1) is 0 Å². The number of carbonyl (C=O) groups excluding carboxylic acids is 2. The third kappa shape index (κ3) is 6.12. The molecule has 1 aliphatic rings. The van der Waals surface area contributed by atoms with Crippen molar-refractivity contribution in [1.82, 2.24) is 5.32 Å². The summed E-state index contributed by atoms with van der Waals surface area (Å²) in [6.45, 7) is -1.15. The van der Waals surface area contributed by atoms with Crippen molar-refractivity contribution in [2.45, 2.75) is 6.18 Å². The Kier molecular flexibility index (Phi) is 6.47. The number of ether oxygens (including phenoxy) is 1.